The predicted octanol–water partition coefficient (Wildman–Crippen LogP) is 2.19. The molecule has 2 rings (SSSR count). The number of carbonyl (C=O) groups excluding carboxylic acids is 2. The fraction of sp³-hybridized carbons (Fsp3) is 0.400. The van der Waals surface area contributed by atoms with Crippen LogP contribution in [0.15, 0.2) is 18.2 Å². The van der Waals surface area contributed by atoms with Gasteiger partial charge in [-0.2, -0.15) is 0 Å². The van der Waals surface area contributed by atoms with Gasteiger partial charge >= 0.3 is 12.0 Å². The first kappa shape index (κ1) is 15.0. The first-order chi connectivity index (χ1) is 10.1. The molecule has 1 aromatic carbocycles. The highest BCUT2D eigenvalue weighted by Gasteiger charge is 2.17. The Morgan fingerprint density at radius 3 is 2.81 bits per heavy atom. The molecule has 1 aromatic rings. The number of fused-ring (bicyclic) bond motifs is 1. The van der Waals surface area contributed by atoms with Crippen molar-refractivity contribution in [2.45, 2.75) is 32.1 Å². The summed E-state index contributed by atoms with van der Waals surface area (Å²) in [6.07, 6.45) is 2.72. The SMILES string of the molecule is O=C(O)CCCNC(=O)Nc1ccc2c(c1)C(=O)CCC2. The molecule has 21 heavy (non-hydrogen) atoms. The summed E-state index contributed by atoms with van der Waals surface area (Å²) in [5, 5.41) is 13.7. The molecule has 0 saturated heterocycles. The standard InChI is InChI=1S/C15H18N2O4/c18-13-4-1-3-10-6-7-11(9-12(10)13)17-15(21)16-8-2-5-14(19)20/h6-7,9H,1-5,8H2,(H,19,20)(H2,16,17,21). The van der Waals surface area contributed by atoms with Crippen molar-refractivity contribution in [1.82, 2.24) is 5.32 Å². The van der Waals surface area contributed by atoms with E-state index in [0.29, 0.717) is 30.6 Å². The second-order valence-electron chi connectivity index (χ2n) is 5.03. The van der Waals surface area contributed by atoms with Crippen LogP contribution in [0.5, 0.6) is 0 Å². The zero-order valence-electron chi connectivity index (χ0n) is 11.6. The molecular weight excluding hydrogens is 272 g/mol. The van der Waals surface area contributed by atoms with E-state index >= 15 is 0 Å². The number of nitrogens with one attached hydrogen (secondary N) is 2. The van der Waals surface area contributed by atoms with Crippen LogP contribution in [0.25, 0.3) is 0 Å². The van der Waals surface area contributed by atoms with Crippen LogP contribution in [0.3, 0.4) is 0 Å². The van der Waals surface area contributed by atoms with Gasteiger partial charge in [-0.25, -0.2) is 4.79 Å². The Hall–Kier alpha value is -2.37. The second-order valence-corrected chi connectivity index (χ2v) is 5.03. The Kier molecular flexibility index (Phi) is 4.92. The minimum atomic E-state index is -0.884. The van der Waals surface area contributed by atoms with Crippen LogP contribution in [0, 0.1) is 0 Å². The summed E-state index contributed by atoms with van der Waals surface area (Å²) < 4.78 is 0. The van der Waals surface area contributed by atoms with Crippen molar-refractivity contribution in [2.75, 3.05) is 11.9 Å². The molecule has 3 N–H and O–H groups in total. The quantitative estimate of drug-likeness (QED) is 0.724. The van der Waals surface area contributed by atoms with E-state index in [2.05, 4.69) is 10.6 Å². The number of aryl methyl sites for hydroxylation is 1. The van der Waals surface area contributed by atoms with E-state index in [1.807, 2.05) is 6.07 Å². The summed E-state index contributed by atoms with van der Waals surface area (Å²) in [5.74, 6) is -0.771. The van der Waals surface area contributed by atoms with E-state index in [-0.39, 0.29) is 12.2 Å². The molecule has 1 aliphatic rings. The number of aliphatic carboxylic acids is 1. The van der Waals surface area contributed by atoms with E-state index in [9.17, 15) is 14.4 Å². The molecule has 0 aliphatic heterocycles. The van der Waals surface area contributed by atoms with Crippen molar-refractivity contribution in [1.29, 1.82) is 0 Å². The molecule has 0 bridgehead atoms. The van der Waals surface area contributed by atoms with Gasteiger partial charge in [0.15, 0.2) is 5.78 Å². The van der Waals surface area contributed by atoms with Gasteiger partial charge in [-0.15, -0.1) is 0 Å². The van der Waals surface area contributed by atoms with Crippen LogP contribution in [-0.2, 0) is 11.2 Å². The number of Topliss-reactive ketones (excluding diaryl/α,β-unsaturated/α-hetero) is 1. The number of amides is 2. The monoisotopic (exact) mass is 290 g/mol. The normalized spacial score (nSPS) is 13.4. The third-order valence-corrected chi connectivity index (χ3v) is 3.37. The van der Waals surface area contributed by atoms with Crippen molar-refractivity contribution in [3.63, 3.8) is 0 Å². The largest absolute Gasteiger partial charge is 0.481 e. The fourth-order valence-electron chi connectivity index (χ4n) is 2.32. The molecule has 0 heterocycles. The first-order valence-corrected chi connectivity index (χ1v) is 6.99. The van der Waals surface area contributed by atoms with Crippen molar-refractivity contribution < 1.29 is 19.5 Å². The smallest absolute Gasteiger partial charge is 0.319 e. The molecular formula is C15H18N2O4. The number of carboxylic acid groups (broad SMARTS) is 1. The Balaban J connectivity index is 1.88. The third-order valence-electron chi connectivity index (χ3n) is 3.37. The van der Waals surface area contributed by atoms with Crippen LogP contribution in [0.4, 0.5) is 10.5 Å². The van der Waals surface area contributed by atoms with Gasteiger partial charge in [0.1, 0.15) is 0 Å². The summed E-state index contributed by atoms with van der Waals surface area (Å²) in [4.78, 5) is 33.8. The summed E-state index contributed by atoms with van der Waals surface area (Å²) in [6.45, 7) is 0.294. The van der Waals surface area contributed by atoms with E-state index in [1.54, 1.807) is 12.1 Å². The average molecular weight is 290 g/mol. The van der Waals surface area contributed by atoms with Crippen LogP contribution < -0.4 is 10.6 Å². The number of benzene rings is 1. The molecule has 112 valence electrons. The molecule has 0 atom stereocenters. The van der Waals surface area contributed by atoms with Crippen molar-refractivity contribution in [3.05, 3.63) is 29.3 Å². The highest BCUT2D eigenvalue weighted by molar-refractivity contribution is 6.00. The second kappa shape index (κ2) is 6.88. The number of carboxylic acids is 1. The molecule has 6 heteroatoms. The van der Waals surface area contributed by atoms with Crippen molar-refractivity contribution >= 4 is 23.5 Å². The number of urea groups is 1. The van der Waals surface area contributed by atoms with Gasteiger partial charge in [-0.3, -0.25) is 9.59 Å². The van der Waals surface area contributed by atoms with Gasteiger partial charge < -0.3 is 15.7 Å². The highest BCUT2D eigenvalue weighted by Crippen LogP contribution is 2.24. The maximum atomic E-state index is 11.8. The summed E-state index contributed by atoms with van der Waals surface area (Å²) in [7, 11) is 0. The van der Waals surface area contributed by atoms with E-state index < -0.39 is 12.0 Å². The van der Waals surface area contributed by atoms with E-state index in [1.165, 1.54) is 0 Å². The van der Waals surface area contributed by atoms with E-state index in [0.717, 1.165) is 18.4 Å². The van der Waals surface area contributed by atoms with Gasteiger partial charge in [0.05, 0.1) is 0 Å². The van der Waals surface area contributed by atoms with Crippen LogP contribution in [-0.4, -0.2) is 29.4 Å². The lowest BCUT2D eigenvalue weighted by Gasteiger charge is -2.16. The summed E-state index contributed by atoms with van der Waals surface area (Å²) in [5.41, 5.74) is 2.28. The number of hydrogen-bond donors (Lipinski definition) is 3. The van der Waals surface area contributed by atoms with Crippen molar-refractivity contribution in [3.8, 4) is 0 Å². The number of ketones is 1. The molecule has 0 fully saturated rings. The molecule has 2 amide bonds. The van der Waals surface area contributed by atoms with Crippen LogP contribution >= 0.6 is 0 Å². The van der Waals surface area contributed by atoms with Gasteiger partial charge in [-0.05, 0) is 37.0 Å². The first-order valence-electron chi connectivity index (χ1n) is 6.99. The lowest BCUT2D eigenvalue weighted by Crippen LogP contribution is -2.30. The van der Waals surface area contributed by atoms with Crippen molar-refractivity contribution in [2.24, 2.45) is 0 Å². The maximum absolute atomic E-state index is 11.8. The molecule has 1 aliphatic carbocycles. The van der Waals surface area contributed by atoms with Crippen LogP contribution in [0.1, 0.15) is 41.6 Å². The maximum Gasteiger partial charge on any atom is 0.319 e. The zero-order valence-corrected chi connectivity index (χ0v) is 11.6. The molecule has 0 unspecified atom stereocenters. The summed E-state index contributed by atoms with van der Waals surface area (Å²) >= 11 is 0. The molecule has 0 radical (unpaired) electrons. The number of anilines is 1. The average Bonchev–Trinajstić information content (AvgIpc) is 2.44. The summed E-state index contributed by atoms with van der Waals surface area (Å²) in [6, 6.07) is 4.94. The van der Waals surface area contributed by atoms with Gasteiger partial charge in [-0.1, -0.05) is 6.07 Å². The molecule has 0 aromatic heterocycles. The Morgan fingerprint density at radius 2 is 2.05 bits per heavy atom. The Bertz CT molecular complexity index is 569. The zero-order chi connectivity index (χ0) is 15.2. The topological polar surface area (TPSA) is 95.5 Å². The highest BCUT2D eigenvalue weighted by atomic mass is 16.4. The van der Waals surface area contributed by atoms with E-state index in [4.69, 9.17) is 5.11 Å². The Labute approximate surface area is 122 Å². The Morgan fingerprint density at radius 1 is 1.24 bits per heavy atom. The van der Waals surface area contributed by atoms with Gasteiger partial charge in [0.25, 0.3) is 0 Å². The van der Waals surface area contributed by atoms with Gasteiger partial charge in [0.2, 0.25) is 0 Å². The minimum Gasteiger partial charge on any atom is -0.481 e. The molecule has 0 spiro atoms. The predicted molar refractivity (Wildman–Crippen MR) is 77.6 cm³/mol. The third kappa shape index (κ3) is 4.30. The fourth-order valence-corrected chi connectivity index (χ4v) is 2.32. The number of rotatable bonds is 5. The number of carbonyl (C=O) groups is 3. The minimum absolute atomic E-state index is 0.0215. The van der Waals surface area contributed by atoms with Crippen LogP contribution in [0.2, 0.25) is 0 Å². The number of hydrogen-bond acceptors (Lipinski definition) is 3. The molecule has 6 nitrogen and oxygen atoms in total. The lowest BCUT2D eigenvalue weighted by atomic mass is 9.90. The lowest BCUT2D eigenvalue weighted by molar-refractivity contribution is -0.137. The van der Waals surface area contributed by atoms with Gasteiger partial charge in [0, 0.05) is 30.6 Å². The molecule has 0 saturated carbocycles.